The molecule has 2 aliphatic heterocycles. The fourth-order valence-electron chi connectivity index (χ4n) is 4.40. The Balaban J connectivity index is 1.57. The molecule has 3 heterocycles. The zero-order valence-electron chi connectivity index (χ0n) is 15.4. The van der Waals surface area contributed by atoms with Gasteiger partial charge in [0.2, 0.25) is 0 Å². The summed E-state index contributed by atoms with van der Waals surface area (Å²) in [7, 11) is 0. The van der Waals surface area contributed by atoms with E-state index in [1.165, 1.54) is 22.8 Å². The van der Waals surface area contributed by atoms with E-state index < -0.39 is 17.5 Å². The van der Waals surface area contributed by atoms with Crippen molar-refractivity contribution >= 4 is 28.4 Å². The van der Waals surface area contributed by atoms with Crippen LogP contribution in [0.2, 0.25) is 0 Å². The molecule has 0 saturated carbocycles. The number of aryl methyl sites for hydroxylation is 1. The minimum atomic E-state index is -0.753. The number of fused-ring (bicyclic) bond motifs is 3. The van der Waals surface area contributed by atoms with Crippen LogP contribution in [0.3, 0.4) is 0 Å². The van der Waals surface area contributed by atoms with Gasteiger partial charge in [-0.05, 0) is 37.6 Å². The molecule has 0 amide bonds. The first-order chi connectivity index (χ1) is 13.5. The SMILES string of the molecule is Cc1nc2c(N3CC4CC3CN4)cccc2n1C(=O)C(=O)c1cccc(F)c1. The number of halogens is 1. The molecular weight excluding hydrogens is 359 g/mol. The zero-order valence-corrected chi connectivity index (χ0v) is 15.4. The van der Waals surface area contributed by atoms with Crippen molar-refractivity contribution < 1.29 is 14.0 Å². The van der Waals surface area contributed by atoms with Gasteiger partial charge in [0.05, 0.1) is 11.2 Å². The Morgan fingerprint density at radius 1 is 1.21 bits per heavy atom. The van der Waals surface area contributed by atoms with E-state index in [2.05, 4.69) is 15.2 Å². The minimum Gasteiger partial charge on any atom is -0.364 e. The quantitative estimate of drug-likeness (QED) is 0.560. The summed E-state index contributed by atoms with van der Waals surface area (Å²) in [6, 6.07) is 11.8. The number of rotatable bonds is 3. The third-order valence-electron chi connectivity index (χ3n) is 5.68. The number of nitrogens with one attached hydrogen (secondary N) is 1. The van der Waals surface area contributed by atoms with Gasteiger partial charge in [-0.25, -0.2) is 9.37 Å². The number of carbonyl (C=O) groups is 2. The van der Waals surface area contributed by atoms with Gasteiger partial charge in [0.25, 0.3) is 5.78 Å². The second-order valence-electron chi connectivity index (χ2n) is 7.43. The molecule has 6 nitrogen and oxygen atoms in total. The van der Waals surface area contributed by atoms with Crippen LogP contribution in [0.4, 0.5) is 10.1 Å². The fourth-order valence-corrected chi connectivity index (χ4v) is 4.40. The van der Waals surface area contributed by atoms with E-state index in [0.717, 1.165) is 31.3 Å². The number of ketones is 1. The van der Waals surface area contributed by atoms with Crippen molar-refractivity contribution in [3.63, 3.8) is 0 Å². The van der Waals surface area contributed by atoms with Crippen molar-refractivity contribution in [3.8, 4) is 0 Å². The molecule has 2 aliphatic rings. The Kier molecular flexibility index (Phi) is 3.80. The molecule has 2 unspecified atom stereocenters. The number of imidazole rings is 1. The van der Waals surface area contributed by atoms with E-state index in [1.54, 1.807) is 13.0 Å². The lowest BCUT2D eigenvalue weighted by Crippen LogP contribution is -2.43. The van der Waals surface area contributed by atoms with Crippen LogP contribution < -0.4 is 10.2 Å². The summed E-state index contributed by atoms with van der Waals surface area (Å²) < 4.78 is 14.8. The maximum Gasteiger partial charge on any atom is 0.304 e. The number of aromatic nitrogens is 2. The molecule has 2 fully saturated rings. The molecule has 0 aliphatic carbocycles. The zero-order chi connectivity index (χ0) is 19.4. The monoisotopic (exact) mass is 378 g/mol. The van der Waals surface area contributed by atoms with Crippen molar-refractivity contribution in [2.75, 3.05) is 18.0 Å². The van der Waals surface area contributed by atoms with E-state index in [1.807, 2.05) is 12.1 Å². The standard InChI is InChI=1S/C21H19FN4O2/c1-12-24-19-17(25-11-15-9-16(25)10-23-15)6-3-7-18(19)26(12)21(28)20(27)13-4-2-5-14(22)8-13/h2-8,15-16,23H,9-11H2,1H3. The van der Waals surface area contributed by atoms with Crippen molar-refractivity contribution in [1.29, 1.82) is 0 Å². The number of anilines is 1. The Morgan fingerprint density at radius 3 is 2.75 bits per heavy atom. The number of hydrogen-bond donors (Lipinski definition) is 1. The molecule has 7 heteroatoms. The molecule has 0 radical (unpaired) electrons. The molecule has 1 N–H and O–H groups in total. The summed E-state index contributed by atoms with van der Waals surface area (Å²) in [5, 5.41) is 3.48. The first-order valence-corrected chi connectivity index (χ1v) is 9.35. The van der Waals surface area contributed by atoms with Crippen LogP contribution in [0.5, 0.6) is 0 Å². The average molecular weight is 378 g/mol. The Labute approximate surface area is 161 Å². The highest BCUT2D eigenvalue weighted by Gasteiger charge is 2.38. The van der Waals surface area contributed by atoms with Gasteiger partial charge in [0.15, 0.2) is 0 Å². The first-order valence-electron chi connectivity index (χ1n) is 9.35. The lowest BCUT2D eigenvalue weighted by Gasteiger charge is -2.29. The third-order valence-corrected chi connectivity index (χ3v) is 5.68. The molecule has 3 aromatic rings. The van der Waals surface area contributed by atoms with Crippen molar-refractivity contribution in [2.45, 2.75) is 25.4 Å². The summed E-state index contributed by atoms with van der Waals surface area (Å²) >= 11 is 0. The van der Waals surface area contributed by atoms with Gasteiger partial charge >= 0.3 is 5.91 Å². The van der Waals surface area contributed by atoms with E-state index in [0.29, 0.717) is 28.9 Å². The maximum absolute atomic E-state index is 13.5. The molecule has 2 aromatic carbocycles. The van der Waals surface area contributed by atoms with Crippen LogP contribution in [0.15, 0.2) is 42.5 Å². The van der Waals surface area contributed by atoms with Crippen LogP contribution in [0, 0.1) is 12.7 Å². The van der Waals surface area contributed by atoms with Crippen molar-refractivity contribution in [3.05, 3.63) is 59.7 Å². The van der Waals surface area contributed by atoms with Crippen LogP contribution in [0.25, 0.3) is 11.0 Å². The summed E-state index contributed by atoms with van der Waals surface area (Å²) in [5.74, 6) is -1.59. The Hall–Kier alpha value is -3.06. The average Bonchev–Trinajstić information content (AvgIpc) is 3.40. The van der Waals surface area contributed by atoms with Gasteiger partial charge in [0, 0.05) is 30.7 Å². The number of piperazine rings is 1. The van der Waals surface area contributed by atoms with Crippen molar-refractivity contribution in [2.24, 2.45) is 0 Å². The highest BCUT2D eigenvalue weighted by Crippen LogP contribution is 2.34. The van der Waals surface area contributed by atoms with Gasteiger partial charge in [-0.1, -0.05) is 18.2 Å². The lowest BCUT2D eigenvalue weighted by molar-refractivity contribution is 0.0766. The second-order valence-corrected chi connectivity index (χ2v) is 7.43. The number of benzene rings is 2. The minimum absolute atomic E-state index is 0.0327. The highest BCUT2D eigenvalue weighted by molar-refractivity contribution is 6.44. The van der Waals surface area contributed by atoms with Gasteiger partial charge < -0.3 is 10.2 Å². The summed E-state index contributed by atoms with van der Waals surface area (Å²) in [4.78, 5) is 32.5. The number of para-hydroxylation sites is 1. The van der Waals surface area contributed by atoms with Gasteiger partial charge in [-0.2, -0.15) is 0 Å². The normalized spacial score (nSPS) is 20.9. The molecule has 142 valence electrons. The lowest BCUT2D eigenvalue weighted by atomic mass is 10.1. The largest absolute Gasteiger partial charge is 0.364 e. The van der Waals surface area contributed by atoms with Crippen LogP contribution >= 0.6 is 0 Å². The van der Waals surface area contributed by atoms with Crippen molar-refractivity contribution in [1.82, 2.24) is 14.9 Å². The molecule has 28 heavy (non-hydrogen) atoms. The van der Waals surface area contributed by atoms with Crippen LogP contribution in [-0.4, -0.2) is 46.4 Å². The summed E-state index contributed by atoms with van der Waals surface area (Å²) in [6.07, 6.45) is 1.10. The van der Waals surface area contributed by atoms with Gasteiger partial charge in [-0.3, -0.25) is 14.2 Å². The van der Waals surface area contributed by atoms with Gasteiger partial charge in [0.1, 0.15) is 17.2 Å². The molecule has 1 aromatic heterocycles. The molecule has 2 bridgehead atoms. The highest BCUT2D eigenvalue weighted by atomic mass is 19.1. The van der Waals surface area contributed by atoms with Crippen LogP contribution in [-0.2, 0) is 0 Å². The molecule has 5 rings (SSSR count). The fraction of sp³-hybridized carbons (Fsp3) is 0.286. The summed E-state index contributed by atoms with van der Waals surface area (Å²) in [5.41, 5.74) is 2.33. The topological polar surface area (TPSA) is 67.2 Å². The smallest absolute Gasteiger partial charge is 0.304 e. The number of Topliss-reactive ketones (excluding diaryl/α,β-unsaturated/α-hetero) is 1. The number of nitrogens with zero attached hydrogens (tertiary/aromatic N) is 3. The third kappa shape index (κ3) is 2.54. The number of hydrogen-bond acceptors (Lipinski definition) is 5. The van der Waals surface area contributed by atoms with E-state index in [9.17, 15) is 14.0 Å². The van der Waals surface area contributed by atoms with E-state index >= 15 is 0 Å². The van der Waals surface area contributed by atoms with E-state index in [-0.39, 0.29) is 5.56 Å². The van der Waals surface area contributed by atoms with E-state index in [4.69, 9.17) is 0 Å². The maximum atomic E-state index is 13.5. The summed E-state index contributed by atoms with van der Waals surface area (Å²) in [6.45, 7) is 3.56. The second kappa shape index (κ2) is 6.24. The predicted molar refractivity (Wildman–Crippen MR) is 103 cm³/mol. The molecular formula is C21H19FN4O2. The molecule has 0 spiro atoms. The van der Waals surface area contributed by atoms with Crippen LogP contribution in [0.1, 0.15) is 27.4 Å². The molecule has 2 saturated heterocycles. The predicted octanol–water partition coefficient (Wildman–Crippen LogP) is 2.56. The Morgan fingerprint density at radius 2 is 2.04 bits per heavy atom. The van der Waals surface area contributed by atoms with Gasteiger partial charge in [-0.15, -0.1) is 0 Å². The first kappa shape index (κ1) is 17.1. The number of carbonyl (C=O) groups excluding carboxylic acids is 2. The Bertz CT molecular complexity index is 1120. The molecule has 2 atom stereocenters.